The number of hydrogen-bond acceptors (Lipinski definition) is 7. The summed E-state index contributed by atoms with van der Waals surface area (Å²) in [5, 5.41) is 2.36. The molecule has 1 N–H and O–H groups in total. The number of carbonyl (C=O) groups excluding carboxylic acids is 3. The molecule has 2 aromatic rings. The first kappa shape index (κ1) is 30.1. The topological polar surface area (TPSA) is 88.1 Å². The van der Waals surface area contributed by atoms with Crippen LogP contribution in [-0.2, 0) is 20.5 Å². The number of methoxy groups -OCH3 is 1. The molecule has 2 amide bonds. The average Bonchev–Trinajstić information content (AvgIpc) is 3.59. The van der Waals surface area contributed by atoms with Crippen molar-refractivity contribution < 1.29 is 32.3 Å². The molecule has 40 heavy (non-hydrogen) atoms. The first-order valence-corrected chi connectivity index (χ1v) is 15.0. The molecule has 7 nitrogen and oxygen atoms in total. The van der Waals surface area contributed by atoms with E-state index in [2.05, 4.69) is 17.2 Å². The van der Waals surface area contributed by atoms with Crippen molar-refractivity contribution in [2.75, 3.05) is 23.1 Å². The van der Waals surface area contributed by atoms with Crippen molar-refractivity contribution >= 4 is 57.8 Å². The lowest BCUT2D eigenvalue weighted by Crippen LogP contribution is -2.42. The van der Waals surface area contributed by atoms with Gasteiger partial charge in [-0.3, -0.25) is 14.6 Å². The molecule has 0 radical (unpaired) electrons. The van der Waals surface area contributed by atoms with Gasteiger partial charge >= 0.3 is 12.1 Å². The third-order valence-electron chi connectivity index (χ3n) is 7.20. The number of esters is 1. The Balaban J connectivity index is 1.73. The highest BCUT2D eigenvalue weighted by Crippen LogP contribution is 2.43. The molecule has 1 aromatic carbocycles. The molecule has 4 rings (SSSR count). The molecule has 0 spiro atoms. The molecule has 12 heteroatoms. The highest BCUT2D eigenvalue weighted by Gasteiger charge is 2.37. The summed E-state index contributed by atoms with van der Waals surface area (Å²) in [6, 6.07) is 4.14. The maximum atomic E-state index is 14.1. The van der Waals surface area contributed by atoms with Crippen LogP contribution >= 0.6 is 23.1 Å². The van der Waals surface area contributed by atoms with E-state index in [0.717, 1.165) is 43.1 Å². The summed E-state index contributed by atoms with van der Waals surface area (Å²) < 4.78 is 47.3. The van der Waals surface area contributed by atoms with Gasteiger partial charge < -0.3 is 15.0 Å². The fourth-order valence-electron chi connectivity index (χ4n) is 4.99. The van der Waals surface area contributed by atoms with Crippen LogP contribution in [0, 0.1) is 11.8 Å². The first-order chi connectivity index (χ1) is 18.9. The number of nitrogens with zero attached hydrogens (tertiary/aromatic N) is 2. The van der Waals surface area contributed by atoms with E-state index in [1.165, 1.54) is 36.6 Å². The average molecular weight is 596 g/mol. The number of hydrogen-bond donors (Lipinski definition) is 1. The summed E-state index contributed by atoms with van der Waals surface area (Å²) in [4.78, 5) is 45.0. The van der Waals surface area contributed by atoms with Crippen molar-refractivity contribution in [2.45, 2.75) is 64.7 Å². The Hall–Kier alpha value is -2.86. The zero-order chi connectivity index (χ0) is 29.2. The highest BCUT2D eigenvalue weighted by atomic mass is 32.2. The second-order valence-corrected chi connectivity index (χ2v) is 12.4. The molecule has 0 bridgehead atoms. The number of anilines is 2. The molecule has 1 aliphatic heterocycles. The molecule has 1 fully saturated rings. The quantitative estimate of drug-likeness (QED) is 0.353. The zero-order valence-corrected chi connectivity index (χ0v) is 24.3. The van der Waals surface area contributed by atoms with Crippen LogP contribution in [0.5, 0.6) is 0 Å². The van der Waals surface area contributed by atoms with E-state index in [4.69, 9.17) is 4.74 Å². The van der Waals surface area contributed by atoms with E-state index in [9.17, 15) is 27.6 Å². The Morgan fingerprint density at radius 3 is 2.40 bits per heavy atom. The normalized spacial score (nSPS) is 20.9. The van der Waals surface area contributed by atoms with Gasteiger partial charge in [-0.1, -0.05) is 13.0 Å². The van der Waals surface area contributed by atoms with Crippen molar-refractivity contribution in [1.29, 1.82) is 0 Å². The van der Waals surface area contributed by atoms with Gasteiger partial charge in [0.1, 0.15) is 10.9 Å². The number of halogens is 3. The molecular formula is C28H32F3N3O4S2. The van der Waals surface area contributed by atoms with Crippen LogP contribution in [0.2, 0.25) is 0 Å². The molecule has 0 saturated heterocycles. The van der Waals surface area contributed by atoms with Gasteiger partial charge in [0.15, 0.2) is 0 Å². The summed E-state index contributed by atoms with van der Waals surface area (Å²) in [5.74, 6) is -0.654. The predicted molar refractivity (Wildman–Crippen MR) is 153 cm³/mol. The lowest BCUT2D eigenvalue weighted by atomic mass is 9.82. The van der Waals surface area contributed by atoms with Crippen molar-refractivity contribution in [3.63, 3.8) is 0 Å². The summed E-state index contributed by atoms with van der Waals surface area (Å²) in [6.45, 7) is 5.84. The lowest BCUT2D eigenvalue weighted by Gasteiger charge is -2.33. The van der Waals surface area contributed by atoms with Gasteiger partial charge in [0, 0.05) is 22.6 Å². The fourth-order valence-corrected chi connectivity index (χ4v) is 6.79. The minimum atomic E-state index is -4.75. The molecule has 2 aliphatic rings. The number of benzene rings is 1. The van der Waals surface area contributed by atoms with Crippen molar-refractivity contribution in [3.8, 4) is 10.4 Å². The van der Waals surface area contributed by atoms with Crippen molar-refractivity contribution in [1.82, 2.24) is 0 Å². The van der Waals surface area contributed by atoms with Crippen LogP contribution in [0.4, 0.5) is 24.5 Å². The van der Waals surface area contributed by atoms with E-state index < -0.39 is 29.7 Å². The third-order valence-corrected chi connectivity index (χ3v) is 9.13. The Morgan fingerprint density at radius 1 is 1.12 bits per heavy atom. The molecule has 1 atom stereocenters. The minimum absolute atomic E-state index is 0.0989. The number of amides is 2. The third kappa shape index (κ3) is 6.54. The van der Waals surface area contributed by atoms with Gasteiger partial charge in [-0.15, -0.1) is 23.1 Å². The largest absolute Gasteiger partial charge is 0.465 e. The zero-order valence-electron chi connectivity index (χ0n) is 22.7. The van der Waals surface area contributed by atoms with Crippen LogP contribution in [0.15, 0.2) is 29.3 Å². The smallest absolute Gasteiger partial charge is 0.418 e. The Labute approximate surface area is 239 Å². The highest BCUT2D eigenvalue weighted by molar-refractivity contribution is 8.12. The molecule has 216 valence electrons. The van der Waals surface area contributed by atoms with Gasteiger partial charge in [-0.05, 0) is 69.2 Å². The molecule has 1 aromatic heterocycles. The van der Waals surface area contributed by atoms with Gasteiger partial charge in [-0.2, -0.15) is 13.2 Å². The van der Waals surface area contributed by atoms with Gasteiger partial charge in [0.25, 0.3) is 0 Å². The Bertz CT molecular complexity index is 1300. The number of aliphatic imine (C=N–C) groups is 1. The maximum Gasteiger partial charge on any atom is 0.418 e. The van der Waals surface area contributed by atoms with Crippen LogP contribution in [0.25, 0.3) is 10.4 Å². The van der Waals surface area contributed by atoms with E-state index in [1.807, 2.05) is 13.8 Å². The van der Waals surface area contributed by atoms with Crippen molar-refractivity contribution in [2.24, 2.45) is 16.8 Å². The van der Waals surface area contributed by atoms with Crippen LogP contribution < -0.4 is 10.2 Å². The number of ether oxygens (including phenoxy) is 1. The standard InChI is InChI=1S/C28H32F3N3O4S2/c1-15(2)34(26(36)17-7-5-16(3)6-8-17)22-12-23(40-24(22)27(37)38-4)18-9-10-20(19(11-18)28(29,30)31)33-25(35)21-13-39-14-32-21/h9-12,14-17,21H,5-8,13H2,1-4H3,(H,33,35). The van der Waals surface area contributed by atoms with Gasteiger partial charge in [0.05, 0.1) is 29.6 Å². The summed E-state index contributed by atoms with van der Waals surface area (Å²) in [6.07, 6.45) is -1.37. The van der Waals surface area contributed by atoms with E-state index in [0.29, 0.717) is 22.2 Å². The maximum absolute atomic E-state index is 14.1. The number of alkyl halides is 3. The number of thiophene rings is 1. The molecule has 1 unspecified atom stereocenters. The minimum Gasteiger partial charge on any atom is -0.465 e. The second-order valence-electron chi connectivity index (χ2n) is 10.4. The van der Waals surface area contributed by atoms with Crippen LogP contribution in [-0.4, -0.2) is 48.3 Å². The molecule has 1 aliphatic carbocycles. The molecule has 1 saturated carbocycles. The monoisotopic (exact) mass is 595 g/mol. The fraction of sp³-hybridized carbons (Fsp3) is 0.500. The number of nitrogens with one attached hydrogen (secondary N) is 1. The Morgan fingerprint density at radius 2 is 1.82 bits per heavy atom. The lowest BCUT2D eigenvalue weighted by molar-refractivity contribution is -0.137. The summed E-state index contributed by atoms with van der Waals surface area (Å²) >= 11 is 2.28. The van der Waals surface area contributed by atoms with E-state index in [-0.39, 0.29) is 34.0 Å². The van der Waals surface area contributed by atoms with E-state index in [1.54, 1.807) is 11.0 Å². The second kappa shape index (κ2) is 12.3. The number of thioether (sulfide) groups is 1. The van der Waals surface area contributed by atoms with Gasteiger partial charge in [0.2, 0.25) is 11.8 Å². The number of rotatable bonds is 7. The first-order valence-electron chi connectivity index (χ1n) is 13.1. The SMILES string of the molecule is COC(=O)c1sc(-c2ccc(NC(=O)C3CSC=N3)c(C(F)(F)F)c2)cc1N(C(=O)C1CCC(C)CC1)C(C)C. The number of carbonyl (C=O) groups is 3. The Kier molecular flexibility index (Phi) is 9.29. The van der Waals surface area contributed by atoms with Crippen LogP contribution in [0.1, 0.15) is 61.7 Å². The predicted octanol–water partition coefficient (Wildman–Crippen LogP) is 6.87. The summed E-state index contributed by atoms with van der Waals surface area (Å²) in [7, 11) is 1.22. The van der Waals surface area contributed by atoms with Crippen molar-refractivity contribution in [3.05, 3.63) is 34.7 Å². The molecule has 2 heterocycles. The van der Waals surface area contributed by atoms with Gasteiger partial charge in [-0.25, -0.2) is 4.79 Å². The molecular weight excluding hydrogens is 563 g/mol. The summed E-state index contributed by atoms with van der Waals surface area (Å²) in [5.41, 5.74) is 0.641. The van der Waals surface area contributed by atoms with E-state index >= 15 is 0 Å². The van der Waals surface area contributed by atoms with Crippen LogP contribution in [0.3, 0.4) is 0 Å².